The van der Waals surface area contributed by atoms with Gasteiger partial charge in [-0.25, -0.2) is 4.98 Å². The summed E-state index contributed by atoms with van der Waals surface area (Å²) in [5.41, 5.74) is 3.47. The van der Waals surface area contributed by atoms with E-state index in [4.69, 9.17) is 4.98 Å². The maximum absolute atomic E-state index is 13.6. The van der Waals surface area contributed by atoms with Crippen molar-refractivity contribution in [1.82, 2.24) is 9.55 Å². The molecule has 0 atom stereocenters. The standard InChI is InChI=1S/C23H28N2OS2/c1-3-4-5-6-7-14-27-23-24-21-20(18-12-9-13-19(18)28-21)22(26)25(23)17-11-8-10-16(2)15-17/h8,10-11,15H,3-7,9,12-14H2,1-2H3. The highest BCUT2D eigenvalue weighted by Gasteiger charge is 2.23. The van der Waals surface area contributed by atoms with Crippen molar-refractivity contribution in [2.45, 2.75) is 70.4 Å². The Kier molecular flexibility index (Phi) is 6.22. The average Bonchev–Trinajstić information content (AvgIpc) is 3.25. The summed E-state index contributed by atoms with van der Waals surface area (Å²) in [7, 11) is 0. The molecule has 3 nitrogen and oxygen atoms in total. The molecule has 28 heavy (non-hydrogen) atoms. The first kappa shape index (κ1) is 19.7. The summed E-state index contributed by atoms with van der Waals surface area (Å²) in [5, 5.41) is 1.71. The van der Waals surface area contributed by atoms with Crippen LogP contribution in [0.15, 0.2) is 34.2 Å². The SMILES string of the molecule is CCCCCCCSc1nc2sc3c(c2c(=O)n1-c1cccc(C)c1)CCC3. The number of unbranched alkanes of at least 4 members (excludes halogenated alkanes) is 4. The number of aryl methyl sites for hydroxylation is 3. The van der Waals surface area contributed by atoms with Crippen molar-refractivity contribution in [1.29, 1.82) is 0 Å². The Bertz CT molecular complexity index is 1030. The number of fused-ring (bicyclic) bond motifs is 3. The van der Waals surface area contributed by atoms with Crippen LogP contribution in [-0.2, 0) is 12.8 Å². The molecular weight excluding hydrogens is 384 g/mol. The summed E-state index contributed by atoms with van der Waals surface area (Å²) in [5.74, 6) is 1.01. The number of aromatic nitrogens is 2. The van der Waals surface area contributed by atoms with Gasteiger partial charge in [-0.15, -0.1) is 11.3 Å². The average molecular weight is 413 g/mol. The van der Waals surface area contributed by atoms with Crippen molar-refractivity contribution < 1.29 is 0 Å². The van der Waals surface area contributed by atoms with E-state index in [9.17, 15) is 4.79 Å². The van der Waals surface area contributed by atoms with Gasteiger partial charge < -0.3 is 0 Å². The summed E-state index contributed by atoms with van der Waals surface area (Å²) in [6.45, 7) is 4.32. The van der Waals surface area contributed by atoms with Crippen LogP contribution >= 0.6 is 23.1 Å². The van der Waals surface area contributed by atoms with E-state index in [1.54, 1.807) is 23.1 Å². The Balaban J connectivity index is 1.72. The first-order valence-electron chi connectivity index (χ1n) is 10.5. The molecule has 5 heteroatoms. The van der Waals surface area contributed by atoms with Crippen molar-refractivity contribution in [2.24, 2.45) is 0 Å². The van der Waals surface area contributed by atoms with E-state index < -0.39 is 0 Å². The van der Waals surface area contributed by atoms with Gasteiger partial charge in [0.05, 0.1) is 11.1 Å². The lowest BCUT2D eigenvalue weighted by atomic mass is 10.2. The molecule has 0 aliphatic heterocycles. The van der Waals surface area contributed by atoms with Gasteiger partial charge in [0.2, 0.25) is 0 Å². The molecule has 1 aliphatic carbocycles. The van der Waals surface area contributed by atoms with Gasteiger partial charge in [-0.1, -0.05) is 56.5 Å². The molecule has 0 unspecified atom stereocenters. The van der Waals surface area contributed by atoms with Crippen LogP contribution in [0.25, 0.3) is 15.9 Å². The molecule has 4 rings (SSSR count). The maximum atomic E-state index is 13.6. The second-order valence-electron chi connectivity index (χ2n) is 7.67. The molecule has 0 bridgehead atoms. The van der Waals surface area contributed by atoms with E-state index in [0.29, 0.717) is 0 Å². The number of hydrogen-bond donors (Lipinski definition) is 0. The minimum absolute atomic E-state index is 0.114. The van der Waals surface area contributed by atoms with Crippen molar-refractivity contribution in [3.8, 4) is 5.69 Å². The van der Waals surface area contributed by atoms with E-state index in [1.165, 1.54) is 42.5 Å². The van der Waals surface area contributed by atoms with E-state index in [1.807, 2.05) is 16.7 Å². The van der Waals surface area contributed by atoms with Crippen LogP contribution in [0, 0.1) is 6.92 Å². The molecule has 2 heterocycles. The molecule has 0 amide bonds. The minimum Gasteiger partial charge on any atom is -0.268 e. The van der Waals surface area contributed by atoms with Gasteiger partial charge in [-0.2, -0.15) is 0 Å². The Hall–Kier alpha value is -1.59. The van der Waals surface area contributed by atoms with Crippen LogP contribution in [0.1, 0.15) is 61.5 Å². The summed E-state index contributed by atoms with van der Waals surface area (Å²) in [6.07, 6.45) is 9.58. The monoisotopic (exact) mass is 412 g/mol. The molecule has 1 aromatic carbocycles. The van der Waals surface area contributed by atoms with Crippen LogP contribution in [-0.4, -0.2) is 15.3 Å². The van der Waals surface area contributed by atoms with E-state index in [0.717, 1.165) is 51.6 Å². The minimum atomic E-state index is 0.114. The summed E-state index contributed by atoms with van der Waals surface area (Å²) >= 11 is 3.47. The Morgan fingerprint density at radius 2 is 2.04 bits per heavy atom. The lowest BCUT2D eigenvalue weighted by Gasteiger charge is -2.13. The number of thiophene rings is 1. The van der Waals surface area contributed by atoms with Crippen LogP contribution < -0.4 is 5.56 Å². The summed E-state index contributed by atoms with van der Waals surface area (Å²) < 4.78 is 1.86. The van der Waals surface area contributed by atoms with Gasteiger partial charge in [0, 0.05) is 10.6 Å². The highest BCUT2D eigenvalue weighted by molar-refractivity contribution is 7.99. The second-order valence-corrected chi connectivity index (χ2v) is 9.82. The number of thioether (sulfide) groups is 1. The third-order valence-electron chi connectivity index (χ3n) is 5.45. The summed E-state index contributed by atoms with van der Waals surface area (Å²) in [6, 6.07) is 8.22. The Morgan fingerprint density at radius 1 is 1.18 bits per heavy atom. The molecule has 0 saturated heterocycles. The second kappa shape index (κ2) is 8.83. The predicted octanol–water partition coefficient (Wildman–Crippen LogP) is 6.31. The van der Waals surface area contributed by atoms with Crippen LogP contribution in [0.4, 0.5) is 0 Å². The van der Waals surface area contributed by atoms with Gasteiger partial charge in [0.15, 0.2) is 5.16 Å². The quantitative estimate of drug-likeness (QED) is 0.247. The van der Waals surface area contributed by atoms with E-state index in [2.05, 4.69) is 26.0 Å². The van der Waals surface area contributed by atoms with Gasteiger partial charge in [0.1, 0.15) is 4.83 Å². The fourth-order valence-corrected chi connectivity index (χ4v) is 6.30. The molecule has 3 aromatic rings. The number of rotatable bonds is 8. The molecule has 1 aliphatic rings. The fourth-order valence-electron chi connectivity index (χ4n) is 3.99. The zero-order chi connectivity index (χ0) is 19.5. The lowest BCUT2D eigenvalue weighted by molar-refractivity contribution is 0.659. The largest absolute Gasteiger partial charge is 0.268 e. The van der Waals surface area contributed by atoms with Crippen LogP contribution in [0.3, 0.4) is 0 Å². The molecular formula is C23H28N2OS2. The van der Waals surface area contributed by atoms with E-state index >= 15 is 0 Å². The zero-order valence-corrected chi connectivity index (χ0v) is 18.4. The molecule has 148 valence electrons. The number of nitrogens with zero attached hydrogens (tertiary/aromatic N) is 2. The highest BCUT2D eigenvalue weighted by Crippen LogP contribution is 2.36. The third-order valence-corrected chi connectivity index (χ3v) is 7.66. The molecule has 0 fully saturated rings. The predicted molar refractivity (Wildman–Crippen MR) is 121 cm³/mol. The molecule has 0 N–H and O–H groups in total. The van der Waals surface area contributed by atoms with Gasteiger partial charge in [0.25, 0.3) is 5.56 Å². The Morgan fingerprint density at radius 3 is 2.86 bits per heavy atom. The van der Waals surface area contributed by atoms with Crippen molar-refractivity contribution in [3.05, 3.63) is 50.6 Å². The first-order valence-corrected chi connectivity index (χ1v) is 12.3. The maximum Gasteiger partial charge on any atom is 0.267 e. The van der Waals surface area contributed by atoms with E-state index in [-0.39, 0.29) is 5.56 Å². The van der Waals surface area contributed by atoms with Gasteiger partial charge in [-0.05, 0) is 55.9 Å². The first-order chi connectivity index (χ1) is 13.7. The van der Waals surface area contributed by atoms with Crippen molar-refractivity contribution in [2.75, 3.05) is 5.75 Å². The highest BCUT2D eigenvalue weighted by atomic mass is 32.2. The molecule has 0 saturated carbocycles. The topological polar surface area (TPSA) is 34.9 Å². The lowest BCUT2D eigenvalue weighted by Crippen LogP contribution is -2.22. The van der Waals surface area contributed by atoms with Crippen molar-refractivity contribution in [3.63, 3.8) is 0 Å². The Labute approximate surface area is 175 Å². The number of benzene rings is 1. The normalized spacial score (nSPS) is 13.4. The van der Waals surface area contributed by atoms with Crippen LogP contribution in [0.2, 0.25) is 0 Å². The summed E-state index contributed by atoms with van der Waals surface area (Å²) in [4.78, 5) is 20.9. The smallest absolute Gasteiger partial charge is 0.267 e. The molecule has 2 aromatic heterocycles. The third kappa shape index (κ3) is 3.92. The van der Waals surface area contributed by atoms with Gasteiger partial charge >= 0.3 is 0 Å². The van der Waals surface area contributed by atoms with Crippen LogP contribution in [0.5, 0.6) is 0 Å². The number of hydrogen-bond acceptors (Lipinski definition) is 4. The molecule has 0 spiro atoms. The molecule has 0 radical (unpaired) electrons. The van der Waals surface area contributed by atoms with Gasteiger partial charge in [-0.3, -0.25) is 9.36 Å². The fraction of sp³-hybridized carbons (Fsp3) is 0.478. The van der Waals surface area contributed by atoms with Crippen molar-refractivity contribution >= 4 is 33.3 Å². The zero-order valence-electron chi connectivity index (χ0n) is 16.8.